The molecule has 1 aromatic carbocycles. The van der Waals surface area contributed by atoms with Gasteiger partial charge in [0.2, 0.25) is 0 Å². The molecule has 1 unspecified atom stereocenters. The lowest BCUT2D eigenvalue weighted by Crippen LogP contribution is -2.30. The van der Waals surface area contributed by atoms with Gasteiger partial charge in [0.15, 0.2) is 0 Å². The summed E-state index contributed by atoms with van der Waals surface area (Å²) in [6.45, 7) is 2.09. The minimum Gasteiger partial charge on any atom is -0.271 e. The largest absolute Gasteiger partial charge is 0.271 e. The number of nitrogens with two attached hydrogens (primary N) is 1. The smallest absolute Gasteiger partial charge is 0.0672 e. The molecule has 0 saturated carbocycles. The van der Waals surface area contributed by atoms with Crippen molar-refractivity contribution in [2.75, 3.05) is 0 Å². The molecule has 0 spiro atoms. The topological polar surface area (TPSA) is 50.9 Å². The van der Waals surface area contributed by atoms with Crippen LogP contribution in [0.15, 0.2) is 47.1 Å². The number of nitrogens with one attached hydrogen (secondary N) is 1. The predicted molar refractivity (Wildman–Crippen MR) is 76.9 cm³/mol. The van der Waals surface area contributed by atoms with Gasteiger partial charge < -0.3 is 0 Å². The van der Waals surface area contributed by atoms with Crippen LogP contribution in [0.5, 0.6) is 0 Å². The number of benzene rings is 1. The van der Waals surface area contributed by atoms with Gasteiger partial charge in [0.1, 0.15) is 0 Å². The Morgan fingerprint density at radius 1 is 1.33 bits per heavy atom. The first-order valence-electron chi connectivity index (χ1n) is 5.82. The third kappa shape index (κ3) is 3.38. The van der Waals surface area contributed by atoms with Crippen LogP contribution in [0, 0.1) is 6.92 Å². The number of pyridine rings is 1. The lowest BCUT2D eigenvalue weighted by Gasteiger charge is -2.15. The Kier molecular flexibility index (Phi) is 4.47. The molecule has 0 radical (unpaired) electrons. The van der Waals surface area contributed by atoms with Crippen LogP contribution >= 0.6 is 15.9 Å². The van der Waals surface area contributed by atoms with E-state index in [4.69, 9.17) is 5.84 Å². The summed E-state index contributed by atoms with van der Waals surface area (Å²) in [5.74, 6) is 5.63. The van der Waals surface area contributed by atoms with Gasteiger partial charge >= 0.3 is 0 Å². The average molecular weight is 306 g/mol. The van der Waals surface area contributed by atoms with Gasteiger partial charge in [-0.2, -0.15) is 0 Å². The molecular weight excluding hydrogens is 290 g/mol. The Labute approximate surface area is 116 Å². The molecule has 1 heterocycles. The summed E-state index contributed by atoms with van der Waals surface area (Å²) >= 11 is 3.38. The molecule has 0 aliphatic rings. The average Bonchev–Trinajstić information content (AvgIpc) is 2.37. The van der Waals surface area contributed by atoms with Crippen molar-refractivity contribution in [3.8, 4) is 0 Å². The van der Waals surface area contributed by atoms with E-state index in [1.54, 1.807) is 6.20 Å². The third-order valence-corrected chi connectivity index (χ3v) is 3.30. The molecule has 0 aliphatic carbocycles. The van der Waals surface area contributed by atoms with Crippen LogP contribution in [0.3, 0.4) is 0 Å². The predicted octanol–water partition coefficient (Wildman–Crippen LogP) is 2.90. The van der Waals surface area contributed by atoms with Crippen LogP contribution in [0.4, 0.5) is 0 Å². The van der Waals surface area contributed by atoms with Gasteiger partial charge in [-0.25, -0.2) is 0 Å². The number of aryl methyl sites for hydroxylation is 1. The normalized spacial score (nSPS) is 12.4. The van der Waals surface area contributed by atoms with Crippen LogP contribution in [0.1, 0.15) is 22.9 Å². The monoisotopic (exact) mass is 305 g/mol. The van der Waals surface area contributed by atoms with Gasteiger partial charge in [-0.05, 0) is 47.0 Å². The molecule has 18 heavy (non-hydrogen) atoms. The number of aromatic nitrogens is 1. The Balaban J connectivity index is 2.17. The van der Waals surface area contributed by atoms with Gasteiger partial charge in [0.05, 0.1) is 11.7 Å². The fraction of sp³-hybridized carbons (Fsp3) is 0.214. The van der Waals surface area contributed by atoms with E-state index in [0.29, 0.717) is 0 Å². The maximum atomic E-state index is 5.63. The summed E-state index contributed by atoms with van der Waals surface area (Å²) in [5.41, 5.74) is 6.28. The SMILES string of the molecule is Cc1cccc(CC(NN)c2ccc(Br)cn2)c1. The minimum absolute atomic E-state index is 0.0277. The van der Waals surface area contributed by atoms with Crippen molar-refractivity contribution in [2.45, 2.75) is 19.4 Å². The Hall–Kier alpha value is -1.23. The molecule has 2 rings (SSSR count). The van der Waals surface area contributed by atoms with Gasteiger partial charge in [-0.1, -0.05) is 29.8 Å². The Bertz CT molecular complexity index is 511. The highest BCUT2D eigenvalue weighted by atomic mass is 79.9. The molecule has 0 aliphatic heterocycles. The molecular formula is C14H16BrN3. The van der Waals surface area contributed by atoms with Crippen LogP contribution in [-0.2, 0) is 6.42 Å². The van der Waals surface area contributed by atoms with E-state index in [0.717, 1.165) is 16.6 Å². The van der Waals surface area contributed by atoms with Gasteiger partial charge in [0, 0.05) is 10.7 Å². The van der Waals surface area contributed by atoms with E-state index in [1.165, 1.54) is 11.1 Å². The molecule has 1 aromatic heterocycles. The minimum atomic E-state index is 0.0277. The first-order valence-corrected chi connectivity index (χ1v) is 6.61. The number of nitrogens with zero attached hydrogens (tertiary/aromatic N) is 1. The number of rotatable bonds is 4. The number of halogens is 1. The van der Waals surface area contributed by atoms with Crippen LogP contribution < -0.4 is 11.3 Å². The second kappa shape index (κ2) is 6.09. The van der Waals surface area contributed by atoms with Crippen molar-refractivity contribution in [1.82, 2.24) is 10.4 Å². The first-order chi connectivity index (χ1) is 8.69. The van der Waals surface area contributed by atoms with Crippen LogP contribution in [-0.4, -0.2) is 4.98 Å². The molecule has 3 N–H and O–H groups in total. The number of hydrogen-bond donors (Lipinski definition) is 2. The molecule has 3 nitrogen and oxygen atoms in total. The van der Waals surface area contributed by atoms with Crippen molar-refractivity contribution in [3.05, 3.63) is 63.9 Å². The zero-order chi connectivity index (χ0) is 13.0. The number of hydrogen-bond acceptors (Lipinski definition) is 3. The highest BCUT2D eigenvalue weighted by Gasteiger charge is 2.11. The first kappa shape index (κ1) is 13.2. The molecule has 4 heteroatoms. The second-order valence-electron chi connectivity index (χ2n) is 4.31. The molecule has 0 bridgehead atoms. The van der Waals surface area contributed by atoms with E-state index in [1.807, 2.05) is 12.1 Å². The maximum Gasteiger partial charge on any atom is 0.0672 e. The van der Waals surface area contributed by atoms with E-state index in [-0.39, 0.29) is 6.04 Å². The Morgan fingerprint density at radius 3 is 2.78 bits per heavy atom. The molecule has 0 fully saturated rings. The lowest BCUT2D eigenvalue weighted by atomic mass is 10.0. The summed E-state index contributed by atoms with van der Waals surface area (Å²) in [7, 11) is 0. The van der Waals surface area contributed by atoms with Crippen molar-refractivity contribution in [2.24, 2.45) is 5.84 Å². The zero-order valence-electron chi connectivity index (χ0n) is 10.2. The summed E-state index contributed by atoms with van der Waals surface area (Å²) in [6, 6.07) is 12.4. The molecule has 0 amide bonds. The fourth-order valence-corrected chi connectivity index (χ4v) is 2.15. The summed E-state index contributed by atoms with van der Waals surface area (Å²) in [5, 5.41) is 0. The summed E-state index contributed by atoms with van der Waals surface area (Å²) in [6.07, 6.45) is 2.61. The molecule has 2 aromatic rings. The van der Waals surface area contributed by atoms with Crippen molar-refractivity contribution < 1.29 is 0 Å². The lowest BCUT2D eigenvalue weighted by molar-refractivity contribution is 0.538. The quantitative estimate of drug-likeness (QED) is 0.674. The summed E-state index contributed by atoms with van der Waals surface area (Å²) < 4.78 is 0.970. The Morgan fingerprint density at radius 2 is 2.17 bits per heavy atom. The summed E-state index contributed by atoms with van der Waals surface area (Å²) in [4.78, 5) is 4.38. The third-order valence-electron chi connectivity index (χ3n) is 2.83. The number of hydrazine groups is 1. The van der Waals surface area contributed by atoms with Crippen molar-refractivity contribution >= 4 is 15.9 Å². The van der Waals surface area contributed by atoms with Crippen LogP contribution in [0.2, 0.25) is 0 Å². The maximum absolute atomic E-state index is 5.63. The van der Waals surface area contributed by atoms with Gasteiger partial charge in [-0.3, -0.25) is 16.3 Å². The van der Waals surface area contributed by atoms with Gasteiger partial charge in [0.25, 0.3) is 0 Å². The van der Waals surface area contributed by atoms with Gasteiger partial charge in [-0.15, -0.1) is 0 Å². The van der Waals surface area contributed by atoms with E-state index in [9.17, 15) is 0 Å². The highest BCUT2D eigenvalue weighted by Crippen LogP contribution is 2.18. The second-order valence-corrected chi connectivity index (χ2v) is 5.23. The molecule has 0 saturated heterocycles. The molecule has 94 valence electrons. The highest BCUT2D eigenvalue weighted by molar-refractivity contribution is 9.10. The van der Waals surface area contributed by atoms with E-state index in [2.05, 4.69) is 57.5 Å². The molecule has 1 atom stereocenters. The zero-order valence-corrected chi connectivity index (χ0v) is 11.8. The van der Waals surface area contributed by atoms with E-state index < -0.39 is 0 Å². The van der Waals surface area contributed by atoms with Crippen molar-refractivity contribution in [3.63, 3.8) is 0 Å². The fourth-order valence-electron chi connectivity index (χ4n) is 1.92. The van der Waals surface area contributed by atoms with E-state index >= 15 is 0 Å². The standard InChI is InChI=1S/C14H16BrN3/c1-10-3-2-4-11(7-10)8-14(18-16)13-6-5-12(15)9-17-13/h2-7,9,14,18H,8,16H2,1H3. The van der Waals surface area contributed by atoms with Crippen LogP contribution in [0.25, 0.3) is 0 Å². The van der Waals surface area contributed by atoms with Crippen molar-refractivity contribution in [1.29, 1.82) is 0 Å².